The SMILES string of the molecule is COc1cc(C)cc2c1C(N1CC[N+]([O-])(C(=O)Cc3ccncc3)CC1)c1ncc(Br)cc1CC2. The van der Waals surface area contributed by atoms with Crippen molar-refractivity contribution in [1.29, 1.82) is 0 Å². The summed E-state index contributed by atoms with van der Waals surface area (Å²) in [5.41, 5.74) is 6.56. The molecule has 2 aromatic heterocycles. The molecule has 7 nitrogen and oxygen atoms in total. The van der Waals surface area contributed by atoms with Gasteiger partial charge in [0, 0.05) is 41.7 Å². The first-order chi connectivity index (χ1) is 16.9. The molecule has 1 aliphatic heterocycles. The number of hydrogen-bond acceptors (Lipinski definition) is 6. The van der Waals surface area contributed by atoms with Crippen LogP contribution in [0.1, 0.15) is 39.6 Å². The molecule has 0 radical (unpaired) electrons. The molecule has 1 amide bonds. The van der Waals surface area contributed by atoms with Crippen molar-refractivity contribution in [2.45, 2.75) is 32.2 Å². The zero-order valence-electron chi connectivity index (χ0n) is 20.0. The van der Waals surface area contributed by atoms with E-state index in [0.717, 1.165) is 45.4 Å². The fraction of sp³-hybridized carbons (Fsp3) is 0.370. The quantitative estimate of drug-likeness (QED) is 0.368. The average Bonchev–Trinajstić information content (AvgIpc) is 3.01. The van der Waals surface area contributed by atoms with E-state index in [1.54, 1.807) is 31.6 Å². The van der Waals surface area contributed by atoms with Gasteiger partial charge in [0.25, 0.3) is 0 Å². The monoisotopic (exact) mass is 536 g/mol. The van der Waals surface area contributed by atoms with Gasteiger partial charge >= 0.3 is 5.91 Å². The Kier molecular flexibility index (Phi) is 6.72. The fourth-order valence-electron chi connectivity index (χ4n) is 5.35. The Morgan fingerprint density at radius 2 is 1.89 bits per heavy atom. The van der Waals surface area contributed by atoms with Crippen LogP contribution in [-0.2, 0) is 24.1 Å². The number of nitrogens with zero attached hydrogens (tertiary/aromatic N) is 4. The van der Waals surface area contributed by atoms with Crippen LogP contribution in [0.4, 0.5) is 0 Å². The molecule has 3 heterocycles. The third kappa shape index (κ3) is 4.76. The number of piperazine rings is 1. The Balaban J connectivity index is 1.47. The van der Waals surface area contributed by atoms with Crippen LogP contribution in [-0.4, -0.2) is 58.7 Å². The number of hydrogen-bond donors (Lipinski definition) is 0. The zero-order chi connectivity index (χ0) is 24.6. The van der Waals surface area contributed by atoms with Crippen LogP contribution in [0.2, 0.25) is 0 Å². The lowest BCUT2D eigenvalue weighted by Gasteiger charge is -2.47. The fourth-order valence-corrected chi connectivity index (χ4v) is 5.73. The first-order valence-corrected chi connectivity index (χ1v) is 12.7. The molecular weight excluding hydrogens is 508 g/mol. The summed E-state index contributed by atoms with van der Waals surface area (Å²) < 4.78 is 6.02. The number of pyridine rings is 2. The summed E-state index contributed by atoms with van der Waals surface area (Å²) in [4.78, 5) is 24.1. The maximum Gasteiger partial charge on any atom is 0.318 e. The van der Waals surface area contributed by atoms with Crippen molar-refractivity contribution < 1.29 is 14.2 Å². The van der Waals surface area contributed by atoms with Gasteiger partial charge in [0.15, 0.2) is 0 Å². The Morgan fingerprint density at radius 3 is 2.60 bits per heavy atom. The van der Waals surface area contributed by atoms with Crippen LogP contribution in [0.3, 0.4) is 0 Å². The van der Waals surface area contributed by atoms with Crippen molar-refractivity contribution in [2.75, 3.05) is 33.3 Å². The van der Waals surface area contributed by atoms with E-state index in [9.17, 15) is 10.0 Å². The van der Waals surface area contributed by atoms with Crippen LogP contribution in [0.15, 0.2) is 53.4 Å². The summed E-state index contributed by atoms with van der Waals surface area (Å²) in [5.74, 6) is 0.553. The number of benzene rings is 1. The van der Waals surface area contributed by atoms with Gasteiger partial charge in [-0.3, -0.25) is 19.5 Å². The molecule has 0 spiro atoms. The van der Waals surface area contributed by atoms with Gasteiger partial charge in [-0.1, -0.05) is 6.07 Å². The predicted octanol–water partition coefficient (Wildman–Crippen LogP) is 4.14. The van der Waals surface area contributed by atoms with E-state index in [4.69, 9.17) is 9.72 Å². The third-order valence-corrected chi connectivity index (χ3v) is 7.61. The Labute approximate surface area is 214 Å². The Bertz CT molecular complexity index is 1240. The van der Waals surface area contributed by atoms with Gasteiger partial charge in [-0.05, 0) is 82.2 Å². The Hall–Kier alpha value is -2.65. The summed E-state index contributed by atoms with van der Waals surface area (Å²) in [5, 5.41) is 13.5. The molecule has 3 aromatic rings. The second-order valence-corrected chi connectivity index (χ2v) is 10.4. The second kappa shape index (κ2) is 9.78. The lowest BCUT2D eigenvalue weighted by molar-refractivity contribution is -0.810. The van der Waals surface area contributed by atoms with Crippen LogP contribution >= 0.6 is 15.9 Å². The molecule has 0 N–H and O–H groups in total. The number of hydroxylamine groups is 3. The number of methoxy groups -OCH3 is 1. The molecule has 0 bridgehead atoms. The number of carbonyl (C=O) groups is 1. The smallest absolute Gasteiger partial charge is 0.318 e. The molecule has 1 aromatic carbocycles. The second-order valence-electron chi connectivity index (χ2n) is 9.44. The molecule has 0 saturated carbocycles. The minimum atomic E-state index is -0.802. The molecular formula is C27H29BrN4O3. The highest BCUT2D eigenvalue weighted by Crippen LogP contribution is 2.42. The van der Waals surface area contributed by atoms with Crippen molar-refractivity contribution >= 4 is 21.8 Å². The maximum atomic E-state index is 13.5. The van der Waals surface area contributed by atoms with Gasteiger partial charge in [0.05, 0.1) is 38.4 Å². The summed E-state index contributed by atoms with van der Waals surface area (Å²) in [6.45, 7) is 3.53. The van der Waals surface area contributed by atoms with Crippen molar-refractivity contribution in [3.63, 3.8) is 0 Å². The van der Waals surface area contributed by atoms with Crippen LogP contribution in [0, 0.1) is 12.1 Å². The number of aryl methyl sites for hydroxylation is 3. The van der Waals surface area contributed by atoms with Crippen LogP contribution < -0.4 is 4.74 Å². The minimum absolute atomic E-state index is 0.129. The lowest BCUT2D eigenvalue weighted by Crippen LogP contribution is -2.60. The average molecular weight is 537 g/mol. The third-order valence-electron chi connectivity index (χ3n) is 7.18. The summed E-state index contributed by atoms with van der Waals surface area (Å²) in [7, 11) is 1.71. The van der Waals surface area contributed by atoms with Gasteiger partial charge in [-0.15, -0.1) is 0 Å². The molecule has 1 unspecified atom stereocenters. The summed E-state index contributed by atoms with van der Waals surface area (Å²) >= 11 is 3.58. The zero-order valence-corrected chi connectivity index (χ0v) is 21.6. The molecule has 1 saturated heterocycles. The van der Waals surface area contributed by atoms with Crippen molar-refractivity contribution in [3.8, 4) is 5.75 Å². The van der Waals surface area contributed by atoms with Crippen molar-refractivity contribution in [1.82, 2.24) is 14.9 Å². The molecule has 1 fully saturated rings. The number of amides is 1. The van der Waals surface area contributed by atoms with Gasteiger partial charge in [0.1, 0.15) is 5.75 Å². The van der Waals surface area contributed by atoms with Gasteiger partial charge in [-0.2, -0.15) is 0 Å². The minimum Gasteiger partial charge on any atom is -0.625 e. The maximum absolute atomic E-state index is 13.5. The first kappa shape index (κ1) is 24.1. The van der Waals surface area contributed by atoms with Crippen molar-refractivity contribution in [3.05, 3.63) is 92.1 Å². The number of quaternary nitrogens is 1. The molecule has 35 heavy (non-hydrogen) atoms. The standard InChI is InChI=1S/C27H29BrN4O3/c1-18-13-20-3-4-21-16-22(28)17-30-26(21)27(25(20)23(14-18)35-2)31-9-11-32(34,12-10-31)24(33)15-19-5-7-29-8-6-19/h5-8,13-14,16-17,27H,3-4,9-12,15H2,1-2H3. The molecule has 5 rings (SSSR count). The largest absolute Gasteiger partial charge is 0.625 e. The van der Waals surface area contributed by atoms with E-state index in [2.05, 4.69) is 50.9 Å². The van der Waals surface area contributed by atoms with E-state index < -0.39 is 4.65 Å². The normalized spacial score (nSPS) is 19.4. The number of halogens is 1. The van der Waals surface area contributed by atoms with E-state index >= 15 is 0 Å². The summed E-state index contributed by atoms with van der Waals surface area (Å²) in [6.07, 6.45) is 7.05. The first-order valence-electron chi connectivity index (χ1n) is 11.9. The lowest BCUT2D eigenvalue weighted by atomic mass is 9.93. The highest BCUT2D eigenvalue weighted by atomic mass is 79.9. The van der Waals surface area contributed by atoms with Gasteiger partial charge in [-0.25, -0.2) is 4.79 Å². The molecule has 1 aliphatic carbocycles. The van der Waals surface area contributed by atoms with E-state index in [1.165, 1.54) is 11.1 Å². The predicted molar refractivity (Wildman–Crippen MR) is 137 cm³/mol. The molecule has 182 valence electrons. The van der Waals surface area contributed by atoms with Crippen LogP contribution in [0.25, 0.3) is 0 Å². The topological polar surface area (TPSA) is 78.4 Å². The molecule has 2 aliphatic rings. The molecule has 1 atom stereocenters. The van der Waals surface area contributed by atoms with Gasteiger partial charge in [0.2, 0.25) is 0 Å². The highest BCUT2D eigenvalue weighted by molar-refractivity contribution is 9.10. The Morgan fingerprint density at radius 1 is 1.17 bits per heavy atom. The van der Waals surface area contributed by atoms with E-state index in [-0.39, 0.29) is 31.5 Å². The number of fused-ring (bicyclic) bond motifs is 2. The number of aromatic nitrogens is 2. The van der Waals surface area contributed by atoms with Crippen LogP contribution in [0.5, 0.6) is 5.75 Å². The number of carbonyl (C=O) groups excluding carboxylic acids is 1. The molecule has 8 heteroatoms. The number of ether oxygens (including phenoxy) is 1. The highest BCUT2D eigenvalue weighted by Gasteiger charge is 2.39. The van der Waals surface area contributed by atoms with E-state index in [0.29, 0.717) is 13.1 Å². The van der Waals surface area contributed by atoms with Gasteiger partial charge < -0.3 is 9.94 Å². The van der Waals surface area contributed by atoms with Crippen molar-refractivity contribution in [2.24, 2.45) is 0 Å². The van der Waals surface area contributed by atoms with E-state index in [1.807, 2.05) is 6.20 Å². The summed E-state index contributed by atoms with van der Waals surface area (Å²) in [6, 6.07) is 9.91. The number of rotatable bonds is 4.